The zero-order valence-corrected chi connectivity index (χ0v) is 22.2. The van der Waals surface area contributed by atoms with Crippen molar-refractivity contribution in [1.29, 1.82) is 0 Å². The number of phenolic OH excluding ortho intramolecular Hbond substituents is 1. The third-order valence-electron chi connectivity index (χ3n) is 6.57. The van der Waals surface area contributed by atoms with Gasteiger partial charge in [0.15, 0.2) is 0 Å². The van der Waals surface area contributed by atoms with Gasteiger partial charge in [-0.25, -0.2) is 0 Å². The summed E-state index contributed by atoms with van der Waals surface area (Å²) in [7, 11) is 0. The Morgan fingerprint density at radius 2 is 1.29 bits per heavy atom. The van der Waals surface area contributed by atoms with E-state index in [1.165, 1.54) is 64.2 Å². The van der Waals surface area contributed by atoms with Crippen LogP contribution in [-0.4, -0.2) is 17.7 Å². The maximum atomic E-state index is 12.7. The van der Waals surface area contributed by atoms with Gasteiger partial charge in [-0.1, -0.05) is 135 Å². The molecule has 1 aromatic rings. The minimum absolute atomic E-state index is 0.187. The van der Waals surface area contributed by atoms with Crippen molar-refractivity contribution in [3.8, 4) is 5.75 Å². The molecule has 0 aliphatic rings. The fraction of sp³-hybridized carbons (Fsp3) is 0.774. The summed E-state index contributed by atoms with van der Waals surface area (Å²) in [6.07, 6.45) is 19.2. The van der Waals surface area contributed by atoms with Crippen LogP contribution in [0.2, 0.25) is 0 Å². The molecule has 1 aromatic carbocycles. The average molecular weight is 479 g/mol. The minimum atomic E-state index is -0.348. The lowest BCUT2D eigenvalue weighted by atomic mass is 9.94. The predicted molar refractivity (Wildman–Crippen MR) is 145 cm³/mol. The van der Waals surface area contributed by atoms with Gasteiger partial charge in [0.25, 0.3) is 0 Å². The van der Waals surface area contributed by atoms with Gasteiger partial charge in [0.2, 0.25) is 0 Å². The molecule has 0 aromatic heterocycles. The predicted octanol–water partition coefficient (Wildman–Crippen LogP) is 9.55. The lowest BCUT2D eigenvalue weighted by molar-refractivity contribution is -0.149. The summed E-state index contributed by atoms with van der Waals surface area (Å²) in [5.74, 6) is -0.153. The molecule has 196 valence electrons. The first-order valence-corrected chi connectivity index (χ1v) is 14.2. The zero-order chi connectivity index (χ0) is 26.4. The molecule has 3 unspecified atom stereocenters. The van der Waals surface area contributed by atoms with E-state index in [2.05, 4.69) is 13.8 Å². The summed E-state index contributed by atoms with van der Waals surface area (Å²) < 4.78 is 22.1. The third-order valence-corrected chi connectivity index (χ3v) is 6.57. The molecule has 3 nitrogen and oxygen atoms in total. The molecule has 0 bridgehead atoms. The van der Waals surface area contributed by atoms with Gasteiger partial charge < -0.3 is 9.84 Å². The van der Waals surface area contributed by atoms with Gasteiger partial charge in [0, 0.05) is 2.74 Å². The summed E-state index contributed by atoms with van der Waals surface area (Å²) in [5.41, 5.74) is 1.02. The molecule has 0 amide bonds. The van der Waals surface area contributed by atoms with E-state index in [0.717, 1.165) is 37.7 Å². The highest BCUT2D eigenvalue weighted by Gasteiger charge is 2.20. The van der Waals surface area contributed by atoms with E-state index in [1.807, 2.05) is 12.1 Å². The maximum Gasteiger partial charge on any atom is 0.309 e. The van der Waals surface area contributed by atoms with Gasteiger partial charge in [-0.15, -0.1) is 0 Å². The number of hydrogen-bond donors (Lipinski definition) is 1. The normalized spacial score (nSPS) is 14.8. The Morgan fingerprint density at radius 1 is 0.765 bits per heavy atom. The fourth-order valence-corrected chi connectivity index (χ4v) is 4.34. The number of hydrogen-bond acceptors (Lipinski definition) is 3. The molecule has 34 heavy (non-hydrogen) atoms. The Kier molecular flexibility index (Phi) is 17.5. The Bertz CT molecular complexity index is 650. The topological polar surface area (TPSA) is 46.5 Å². The van der Waals surface area contributed by atoms with Gasteiger partial charge in [0.1, 0.15) is 5.75 Å². The number of ether oxygens (including phenoxy) is 1. The Balaban J connectivity index is 2.14. The highest BCUT2D eigenvalue weighted by atomic mass is 16.5. The van der Waals surface area contributed by atoms with Crippen LogP contribution in [0.5, 0.6) is 5.75 Å². The standard InChI is InChI=1S/C31H54O3/c1-3-5-7-8-9-10-11-12-13-14-15-16-17-18-19-20-26-34-31(33)29(21-6-4-2)27-28-22-24-30(32)25-23-28/h22-25,29,32H,3-21,26-27H2,1-2H3/i17T,19T. The van der Waals surface area contributed by atoms with Gasteiger partial charge >= 0.3 is 5.97 Å². The summed E-state index contributed by atoms with van der Waals surface area (Å²) in [4.78, 5) is 12.7. The molecule has 3 atom stereocenters. The van der Waals surface area contributed by atoms with Crippen molar-refractivity contribution < 1.29 is 17.4 Å². The van der Waals surface area contributed by atoms with Crippen LogP contribution < -0.4 is 0 Å². The molecule has 0 heterocycles. The number of rotatable bonds is 23. The lowest BCUT2D eigenvalue weighted by Gasteiger charge is -2.16. The van der Waals surface area contributed by atoms with E-state index in [0.29, 0.717) is 19.3 Å². The Morgan fingerprint density at radius 3 is 1.88 bits per heavy atom. The summed E-state index contributed by atoms with van der Waals surface area (Å²) in [6.45, 7) is 4.63. The third kappa shape index (κ3) is 17.0. The molecule has 1 N–H and O–H groups in total. The smallest absolute Gasteiger partial charge is 0.309 e. The van der Waals surface area contributed by atoms with E-state index >= 15 is 0 Å². The maximum absolute atomic E-state index is 12.7. The largest absolute Gasteiger partial charge is 0.508 e. The Labute approximate surface area is 213 Å². The molecular weight excluding hydrogens is 420 g/mol. The van der Waals surface area contributed by atoms with Crippen LogP contribution >= 0.6 is 0 Å². The molecule has 0 saturated heterocycles. The first-order valence-electron chi connectivity index (χ1n) is 15.4. The number of aromatic hydroxyl groups is 1. The molecule has 0 aliphatic carbocycles. The van der Waals surface area contributed by atoms with Crippen LogP contribution in [0.4, 0.5) is 0 Å². The second-order valence-corrected chi connectivity index (χ2v) is 9.80. The van der Waals surface area contributed by atoms with Crippen molar-refractivity contribution in [3.63, 3.8) is 0 Å². The summed E-state index contributed by atoms with van der Waals surface area (Å²) in [6, 6.07) is 7.00. The molecule has 0 radical (unpaired) electrons. The van der Waals surface area contributed by atoms with E-state index in [1.54, 1.807) is 12.1 Å². The number of unbranched alkanes of at least 4 members (excludes halogenated alkanes) is 11. The van der Waals surface area contributed by atoms with Crippen molar-refractivity contribution in [3.05, 3.63) is 29.8 Å². The summed E-state index contributed by atoms with van der Waals surface area (Å²) >= 11 is 0. The molecule has 0 fully saturated rings. The Hall–Kier alpha value is -1.51. The fourth-order valence-electron chi connectivity index (χ4n) is 4.34. The van der Waals surface area contributed by atoms with E-state index < -0.39 is 0 Å². The van der Waals surface area contributed by atoms with Gasteiger partial charge in [-0.3, -0.25) is 4.79 Å². The molecular formula is C31H54O3. The van der Waals surface area contributed by atoms with Crippen LogP contribution in [0, 0.1) is 5.92 Å². The molecule has 0 aliphatic heterocycles. The lowest BCUT2D eigenvalue weighted by Crippen LogP contribution is -2.20. The second-order valence-electron chi connectivity index (χ2n) is 9.80. The zero-order valence-electron chi connectivity index (χ0n) is 24.2. The number of benzene rings is 1. The van der Waals surface area contributed by atoms with Crippen LogP contribution in [0.3, 0.4) is 0 Å². The SMILES string of the molecule is [3H]C(CCCCCCCCCCCCC)CC([3H])CCOC(=O)C(CCCC)Cc1ccc(O)cc1. The number of phenols is 1. The number of esters is 1. The van der Waals surface area contributed by atoms with Crippen LogP contribution in [0.1, 0.15) is 144 Å². The van der Waals surface area contributed by atoms with Crippen molar-refractivity contribution in [2.45, 2.75) is 142 Å². The van der Waals surface area contributed by atoms with Crippen LogP contribution in [0.15, 0.2) is 24.3 Å². The van der Waals surface area contributed by atoms with E-state index in [-0.39, 0.29) is 37.0 Å². The van der Waals surface area contributed by atoms with Gasteiger partial charge in [0.05, 0.1) is 12.5 Å². The van der Waals surface area contributed by atoms with Crippen molar-refractivity contribution in [2.24, 2.45) is 5.92 Å². The number of carbonyl (C=O) groups excluding carboxylic acids is 1. The second kappa shape index (κ2) is 22.0. The van der Waals surface area contributed by atoms with E-state index in [9.17, 15) is 9.90 Å². The highest BCUT2D eigenvalue weighted by molar-refractivity contribution is 5.72. The molecule has 0 saturated carbocycles. The van der Waals surface area contributed by atoms with Crippen molar-refractivity contribution >= 4 is 5.97 Å². The first-order chi connectivity index (χ1) is 17.5. The average Bonchev–Trinajstić information content (AvgIpc) is 2.86. The van der Waals surface area contributed by atoms with Gasteiger partial charge in [-0.2, -0.15) is 0 Å². The van der Waals surface area contributed by atoms with Crippen LogP contribution in [0.25, 0.3) is 0 Å². The minimum Gasteiger partial charge on any atom is -0.508 e. The number of carbonyl (C=O) groups is 1. The monoisotopic (exact) mass is 478 g/mol. The van der Waals surface area contributed by atoms with Gasteiger partial charge in [-0.05, 0) is 37.0 Å². The molecule has 0 spiro atoms. The van der Waals surface area contributed by atoms with Crippen molar-refractivity contribution in [2.75, 3.05) is 6.61 Å². The summed E-state index contributed by atoms with van der Waals surface area (Å²) in [5, 5.41) is 9.48. The van der Waals surface area contributed by atoms with Crippen molar-refractivity contribution in [1.82, 2.24) is 0 Å². The first kappa shape index (κ1) is 27.1. The molecule has 3 heteroatoms. The van der Waals surface area contributed by atoms with Crippen LogP contribution in [-0.2, 0) is 16.0 Å². The quantitative estimate of drug-likeness (QED) is 0.126. The molecule has 1 rings (SSSR count). The highest BCUT2D eigenvalue weighted by Crippen LogP contribution is 2.20. The van der Waals surface area contributed by atoms with E-state index in [4.69, 9.17) is 7.48 Å².